The van der Waals surface area contributed by atoms with Crippen LogP contribution < -0.4 is 0 Å². The number of nitrogens with zero attached hydrogens (tertiary/aromatic N) is 2. The van der Waals surface area contributed by atoms with Crippen molar-refractivity contribution in [3.05, 3.63) is 57.6 Å². The molecular weight excluding hydrogens is 504 g/mol. The fraction of sp³-hybridized carbons (Fsp3) is 0.622. The molecule has 2 aromatic rings. The molecule has 0 heterocycles. The van der Waals surface area contributed by atoms with Crippen molar-refractivity contribution in [3.63, 3.8) is 0 Å². The molecule has 0 spiro atoms. The second kappa shape index (κ2) is 11.6. The van der Waals surface area contributed by atoms with Gasteiger partial charge in [-0.05, 0) is 90.4 Å². The number of phenols is 2. The van der Waals surface area contributed by atoms with E-state index in [4.69, 9.17) is 9.98 Å². The molecule has 0 saturated heterocycles. The topological polar surface area (TPSA) is 65.2 Å². The van der Waals surface area contributed by atoms with Crippen molar-refractivity contribution in [2.45, 2.75) is 142 Å². The van der Waals surface area contributed by atoms with E-state index in [1.54, 1.807) is 0 Å². The van der Waals surface area contributed by atoms with Gasteiger partial charge in [-0.1, -0.05) is 81.4 Å². The molecular formula is C37H54N2O2. The molecule has 0 aliphatic heterocycles. The van der Waals surface area contributed by atoms with Crippen LogP contribution in [0, 0.1) is 5.92 Å². The highest BCUT2D eigenvalue weighted by atomic mass is 16.3. The van der Waals surface area contributed by atoms with Crippen LogP contribution in [0.1, 0.15) is 153 Å². The maximum absolute atomic E-state index is 11.3. The first-order valence-corrected chi connectivity index (χ1v) is 15.9. The summed E-state index contributed by atoms with van der Waals surface area (Å²) >= 11 is 0. The number of phenolic OH excluding ortho intramolecular Hbond substituents is 2. The van der Waals surface area contributed by atoms with Crippen LogP contribution in [-0.4, -0.2) is 34.2 Å². The first-order chi connectivity index (χ1) is 19.1. The molecule has 4 rings (SSSR count). The minimum atomic E-state index is -0.251. The Morgan fingerprint density at radius 2 is 1.32 bits per heavy atom. The average molecular weight is 559 g/mol. The average Bonchev–Trinajstić information content (AvgIpc) is 3.48. The van der Waals surface area contributed by atoms with Crippen molar-refractivity contribution in [2.75, 3.05) is 0 Å². The first kappa shape index (κ1) is 31.3. The summed E-state index contributed by atoms with van der Waals surface area (Å²) in [5, 5.41) is 22.6. The summed E-state index contributed by atoms with van der Waals surface area (Å²) in [6.45, 7) is 21.8. The Kier molecular flexibility index (Phi) is 8.84. The monoisotopic (exact) mass is 558 g/mol. The van der Waals surface area contributed by atoms with Gasteiger partial charge in [-0.2, -0.15) is 0 Å². The van der Waals surface area contributed by atoms with Gasteiger partial charge in [0, 0.05) is 34.7 Å². The predicted molar refractivity (Wildman–Crippen MR) is 175 cm³/mol. The molecule has 5 atom stereocenters. The van der Waals surface area contributed by atoms with E-state index in [1.807, 2.05) is 12.4 Å². The molecule has 2 saturated carbocycles. The van der Waals surface area contributed by atoms with Crippen molar-refractivity contribution in [1.29, 1.82) is 0 Å². The molecule has 2 fully saturated rings. The lowest BCUT2D eigenvalue weighted by Gasteiger charge is -2.29. The molecule has 5 unspecified atom stereocenters. The molecule has 2 N–H and O–H groups in total. The minimum absolute atomic E-state index is 0.0734. The van der Waals surface area contributed by atoms with Crippen LogP contribution >= 0.6 is 0 Å². The molecule has 0 radical (unpaired) electrons. The summed E-state index contributed by atoms with van der Waals surface area (Å²) in [6.07, 6.45) is 10.2. The van der Waals surface area contributed by atoms with Crippen molar-refractivity contribution in [1.82, 2.24) is 0 Å². The summed E-state index contributed by atoms with van der Waals surface area (Å²) in [4.78, 5) is 10.4. The van der Waals surface area contributed by atoms with Gasteiger partial charge in [-0.15, -0.1) is 0 Å². The van der Waals surface area contributed by atoms with E-state index in [0.29, 0.717) is 29.3 Å². The van der Waals surface area contributed by atoms with Crippen LogP contribution in [-0.2, 0) is 10.8 Å². The number of aromatic hydroxyl groups is 2. The fourth-order valence-corrected chi connectivity index (χ4v) is 6.71. The highest BCUT2D eigenvalue weighted by Gasteiger charge is 2.52. The van der Waals surface area contributed by atoms with Gasteiger partial charge < -0.3 is 10.2 Å². The lowest BCUT2D eigenvalue weighted by Crippen LogP contribution is -2.34. The third-order valence-corrected chi connectivity index (χ3v) is 9.96. The predicted octanol–water partition coefficient (Wildman–Crippen LogP) is 9.57. The molecule has 2 bridgehead atoms. The van der Waals surface area contributed by atoms with E-state index in [-0.39, 0.29) is 22.4 Å². The smallest absolute Gasteiger partial charge is 0.128 e. The minimum Gasteiger partial charge on any atom is -0.507 e. The van der Waals surface area contributed by atoms with Gasteiger partial charge in [0.2, 0.25) is 0 Å². The van der Waals surface area contributed by atoms with E-state index >= 15 is 0 Å². The zero-order valence-corrected chi connectivity index (χ0v) is 27.3. The molecule has 2 aliphatic rings. The van der Waals surface area contributed by atoms with Gasteiger partial charge in [0.05, 0.1) is 11.6 Å². The van der Waals surface area contributed by atoms with Crippen LogP contribution in [0.2, 0.25) is 0 Å². The Morgan fingerprint density at radius 1 is 0.829 bits per heavy atom. The van der Waals surface area contributed by atoms with Crippen LogP contribution in [0.3, 0.4) is 0 Å². The summed E-state index contributed by atoms with van der Waals surface area (Å²) in [5.74, 6) is 2.15. The highest BCUT2D eigenvalue weighted by Crippen LogP contribution is 2.52. The SMILES string of the molecule is CCC(C)c1cc(C=NC2CC3CCC2(N=Cc2cc(C(C)CC)cc(C(C)(C)C)c2O)C3)c(O)c(C(C)(C)C)c1. The molecule has 4 heteroatoms. The van der Waals surface area contributed by atoms with Gasteiger partial charge in [-0.25, -0.2) is 0 Å². The van der Waals surface area contributed by atoms with Crippen molar-refractivity contribution < 1.29 is 10.2 Å². The molecule has 2 aromatic carbocycles. The summed E-state index contributed by atoms with van der Waals surface area (Å²) in [5.41, 5.74) is 5.51. The molecule has 0 aromatic heterocycles. The number of hydrogen-bond donors (Lipinski definition) is 2. The summed E-state index contributed by atoms with van der Waals surface area (Å²) in [6, 6.07) is 8.68. The standard InChI is InChI=1S/C37H54N2O2/c1-11-23(3)26-16-28(33(40)30(18-26)35(5,6)7)21-38-32-15-25-13-14-37(32,20-25)39-22-29-17-27(24(4)12-2)19-31(34(29)41)36(8,9)10/h16-19,21-25,32,40-41H,11-15,20H2,1-10H3. The number of rotatable bonds is 8. The van der Waals surface area contributed by atoms with Gasteiger partial charge >= 0.3 is 0 Å². The Hall–Kier alpha value is -2.62. The lowest BCUT2D eigenvalue weighted by atomic mass is 9.82. The second-order valence-electron chi connectivity index (χ2n) is 15.1. The number of aliphatic imine (C=N–C) groups is 2. The Bertz CT molecular complexity index is 1310. The van der Waals surface area contributed by atoms with Crippen molar-refractivity contribution in [2.24, 2.45) is 15.9 Å². The highest BCUT2D eigenvalue weighted by molar-refractivity contribution is 5.86. The van der Waals surface area contributed by atoms with Crippen molar-refractivity contribution >= 4 is 12.4 Å². The quantitative estimate of drug-likeness (QED) is 0.317. The van der Waals surface area contributed by atoms with E-state index in [9.17, 15) is 10.2 Å². The Morgan fingerprint density at radius 3 is 1.76 bits per heavy atom. The largest absolute Gasteiger partial charge is 0.507 e. The number of benzene rings is 2. The molecule has 41 heavy (non-hydrogen) atoms. The number of fused-ring (bicyclic) bond motifs is 2. The number of hydrogen-bond acceptors (Lipinski definition) is 4. The second-order valence-corrected chi connectivity index (χ2v) is 15.1. The van der Waals surface area contributed by atoms with Gasteiger partial charge in [0.25, 0.3) is 0 Å². The van der Waals surface area contributed by atoms with Gasteiger partial charge in [-0.3, -0.25) is 9.98 Å². The normalized spacial score (nSPS) is 24.5. The van der Waals surface area contributed by atoms with E-state index in [2.05, 4.69) is 93.5 Å². The van der Waals surface area contributed by atoms with Crippen LogP contribution in [0.4, 0.5) is 0 Å². The first-order valence-electron chi connectivity index (χ1n) is 15.9. The maximum Gasteiger partial charge on any atom is 0.128 e. The van der Waals surface area contributed by atoms with Gasteiger partial charge in [0.15, 0.2) is 0 Å². The zero-order chi connectivity index (χ0) is 30.3. The van der Waals surface area contributed by atoms with Crippen molar-refractivity contribution in [3.8, 4) is 11.5 Å². The van der Waals surface area contributed by atoms with E-state index in [0.717, 1.165) is 54.4 Å². The summed E-state index contributed by atoms with van der Waals surface area (Å²) in [7, 11) is 0. The van der Waals surface area contributed by atoms with Gasteiger partial charge in [0.1, 0.15) is 11.5 Å². The Labute approximate surface area is 249 Å². The van der Waals surface area contributed by atoms with E-state index in [1.165, 1.54) is 17.5 Å². The lowest BCUT2D eigenvalue weighted by molar-refractivity contribution is 0.367. The van der Waals surface area contributed by atoms with Crippen LogP contribution in [0.25, 0.3) is 0 Å². The third kappa shape index (κ3) is 6.42. The fourth-order valence-electron chi connectivity index (χ4n) is 6.71. The molecule has 0 amide bonds. The zero-order valence-electron chi connectivity index (χ0n) is 27.3. The van der Waals surface area contributed by atoms with Crippen LogP contribution in [0.5, 0.6) is 11.5 Å². The molecule has 224 valence electrons. The molecule has 2 aliphatic carbocycles. The maximum atomic E-state index is 11.3. The van der Waals surface area contributed by atoms with E-state index < -0.39 is 0 Å². The third-order valence-electron chi connectivity index (χ3n) is 9.96. The Balaban J connectivity index is 1.71. The summed E-state index contributed by atoms with van der Waals surface area (Å²) < 4.78 is 0. The molecule has 4 nitrogen and oxygen atoms in total. The van der Waals surface area contributed by atoms with Crippen LogP contribution in [0.15, 0.2) is 34.3 Å².